The van der Waals surface area contributed by atoms with Gasteiger partial charge in [-0.15, -0.1) is 0 Å². The average Bonchev–Trinajstić information content (AvgIpc) is 2.18. The van der Waals surface area contributed by atoms with Crippen LogP contribution in [0.1, 0.15) is 0 Å². The van der Waals surface area contributed by atoms with Gasteiger partial charge < -0.3 is 10.1 Å². The highest BCUT2D eigenvalue weighted by Crippen LogP contribution is 2.24. The van der Waals surface area contributed by atoms with Crippen LogP contribution < -0.4 is 5.32 Å². The van der Waals surface area contributed by atoms with Gasteiger partial charge in [-0.25, -0.2) is 4.99 Å². The van der Waals surface area contributed by atoms with Gasteiger partial charge in [-0.1, -0.05) is 0 Å². The van der Waals surface area contributed by atoms with Gasteiger partial charge in [0, 0.05) is 0 Å². The minimum atomic E-state index is -0.847. The molecule has 0 saturated heterocycles. The molecule has 2 aliphatic rings. The van der Waals surface area contributed by atoms with Crippen molar-refractivity contribution in [3.05, 3.63) is 23.6 Å². The number of rotatable bonds is 1. The van der Waals surface area contributed by atoms with E-state index in [9.17, 15) is 9.59 Å². The third-order valence-electron chi connectivity index (χ3n) is 2.11. The van der Waals surface area contributed by atoms with Gasteiger partial charge in [0.2, 0.25) is 11.7 Å². The van der Waals surface area contributed by atoms with E-state index >= 15 is 0 Å². The maximum atomic E-state index is 11.6. The van der Waals surface area contributed by atoms with Crippen LogP contribution in [0.15, 0.2) is 28.6 Å². The molecule has 1 aliphatic heterocycles. The number of Topliss-reactive ketones (excluding diaryl/α,β-unsaturated/α-hetero) is 1. The fraction of sp³-hybridized carbons (Fsp3) is 0.222. The molecule has 5 nitrogen and oxygen atoms in total. The van der Waals surface area contributed by atoms with Gasteiger partial charge in [-0.2, -0.15) is 0 Å². The Balaban J connectivity index is 2.44. The molecule has 1 aliphatic carbocycles. The Hall–Kier alpha value is -1.91. The predicted molar refractivity (Wildman–Crippen MR) is 48.3 cm³/mol. The summed E-state index contributed by atoms with van der Waals surface area (Å²) in [5.41, 5.74) is 0.458. The summed E-state index contributed by atoms with van der Waals surface area (Å²) in [4.78, 5) is 26.9. The monoisotopic (exact) mass is 192 g/mol. The van der Waals surface area contributed by atoms with Crippen molar-refractivity contribution in [2.45, 2.75) is 0 Å². The topological polar surface area (TPSA) is 67.8 Å². The highest BCUT2D eigenvalue weighted by Gasteiger charge is 2.36. The molecular weight excluding hydrogens is 184 g/mol. The molecule has 0 spiro atoms. The molecule has 1 heterocycles. The number of hydrogen-bond donors (Lipinski definition) is 1. The molecule has 0 aromatic heterocycles. The lowest BCUT2D eigenvalue weighted by Gasteiger charge is -2.21. The van der Waals surface area contributed by atoms with Gasteiger partial charge in [0.25, 0.3) is 0 Å². The van der Waals surface area contributed by atoms with Crippen molar-refractivity contribution in [3.8, 4) is 0 Å². The maximum Gasteiger partial charge on any atom is 0.242 e. The molecule has 0 radical (unpaired) electrons. The second kappa shape index (κ2) is 3.10. The lowest BCUT2D eigenvalue weighted by molar-refractivity contribution is -0.131. The first-order valence-corrected chi connectivity index (χ1v) is 4.07. The van der Waals surface area contributed by atoms with Crippen molar-refractivity contribution in [3.63, 3.8) is 0 Å². The van der Waals surface area contributed by atoms with Gasteiger partial charge in [0.05, 0.1) is 19.1 Å². The van der Waals surface area contributed by atoms with Gasteiger partial charge in [0.1, 0.15) is 5.92 Å². The number of ketones is 1. The molecule has 2 rings (SSSR count). The summed E-state index contributed by atoms with van der Waals surface area (Å²) >= 11 is 0. The van der Waals surface area contributed by atoms with E-state index < -0.39 is 5.92 Å². The summed E-state index contributed by atoms with van der Waals surface area (Å²) in [6.45, 7) is 0. The molecule has 1 amide bonds. The summed E-state index contributed by atoms with van der Waals surface area (Å²) in [6.07, 6.45) is 4.41. The summed E-state index contributed by atoms with van der Waals surface area (Å²) in [6, 6.07) is 0. The second-order valence-corrected chi connectivity index (χ2v) is 2.89. The Bertz CT molecular complexity index is 393. The molecule has 14 heavy (non-hydrogen) atoms. The van der Waals surface area contributed by atoms with E-state index in [4.69, 9.17) is 4.74 Å². The quantitative estimate of drug-likeness (QED) is 0.583. The highest BCUT2D eigenvalue weighted by molar-refractivity contribution is 6.15. The number of amides is 1. The molecular formula is C9H8N2O3. The molecule has 1 N–H and O–H groups in total. The fourth-order valence-electron chi connectivity index (χ4n) is 1.41. The van der Waals surface area contributed by atoms with E-state index in [2.05, 4.69) is 10.3 Å². The minimum absolute atomic E-state index is 0.186. The third-order valence-corrected chi connectivity index (χ3v) is 2.11. The largest absolute Gasteiger partial charge is 0.493 e. The normalized spacial score (nSPS) is 24.8. The van der Waals surface area contributed by atoms with Gasteiger partial charge in [-0.05, 0) is 12.2 Å². The summed E-state index contributed by atoms with van der Waals surface area (Å²) in [5, 5.41) is 2.38. The van der Waals surface area contributed by atoms with E-state index in [-0.39, 0.29) is 17.4 Å². The standard InChI is InChI=1S/C9H8N2O3/c1-14-6-3-2-5-7(8(6)12)9(13)11-4-10-5/h2-4,7H,1H3,(H,10,11,13). The Morgan fingerprint density at radius 2 is 2.21 bits per heavy atom. The smallest absolute Gasteiger partial charge is 0.242 e. The predicted octanol–water partition coefficient (Wildman–Crippen LogP) is -0.242. The number of carbonyl (C=O) groups excluding carboxylic acids is 2. The first-order chi connectivity index (χ1) is 6.74. The van der Waals surface area contributed by atoms with Crippen LogP contribution in [0.2, 0.25) is 0 Å². The summed E-state index contributed by atoms with van der Waals surface area (Å²) in [5.74, 6) is -1.37. The molecule has 0 saturated carbocycles. The Morgan fingerprint density at radius 3 is 2.93 bits per heavy atom. The van der Waals surface area contributed by atoms with E-state index in [1.807, 2.05) is 0 Å². The Labute approximate surface area is 80.1 Å². The molecule has 5 heteroatoms. The molecule has 1 atom stereocenters. The molecule has 0 fully saturated rings. The number of hydrogen-bond acceptors (Lipinski definition) is 4. The highest BCUT2D eigenvalue weighted by atomic mass is 16.5. The van der Waals surface area contributed by atoms with Crippen molar-refractivity contribution in [2.75, 3.05) is 7.11 Å². The molecule has 0 aromatic carbocycles. The van der Waals surface area contributed by atoms with Crippen molar-refractivity contribution in [2.24, 2.45) is 10.9 Å². The van der Waals surface area contributed by atoms with Gasteiger partial charge in [-0.3, -0.25) is 9.59 Å². The minimum Gasteiger partial charge on any atom is -0.493 e. The third kappa shape index (κ3) is 1.14. The molecule has 0 bridgehead atoms. The van der Waals surface area contributed by atoms with Crippen LogP contribution in [0.3, 0.4) is 0 Å². The molecule has 1 unspecified atom stereocenters. The van der Waals surface area contributed by atoms with Crippen LogP contribution in [-0.4, -0.2) is 25.1 Å². The zero-order valence-electron chi connectivity index (χ0n) is 7.48. The number of methoxy groups -OCH3 is 1. The summed E-state index contributed by atoms with van der Waals surface area (Å²) in [7, 11) is 1.40. The number of ether oxygens (including phenoxy) is 1. The SMILES string of the molecule is COC1=CC=C2N=CNC(=O)C2C1=O. The number of fused-ring (bicyclic) bond motifs is 1. The zero-order valence-corrected chi connectivity index (χ0v) is 7.48. The average molecular weight is 192 g/mol. The maximum absolute atomic E-state index is 11.6. The lowest BCUT2D eigenvalue weighted by Crippen LogP contribution is -2.40. The molecule has 72 valence electrons. The number of carbonyl (C=O) groups is 2. The van der Waals surface area contributed by atoms with Crippen molar-refractivity contribution < 1.29 is 14.3 Å². The number of aliphatic imine (C=N–C) groups is 1. The van der Waals surface area contributed by atoms with Crippen LogP contribution in [0.25, 0.3) is 0 Å². The van der Waals surface area contributed by atoms with E-state index in [0.29, 0.717) is 5.70 Å². The van der Waals surface area contributed by atoms with Gasteiger partial charge in [0.15, 0.2) is 5.76 Å². The van der Waals surface area contributed by atoms with E-state index in [0.717, 1.165) is 0 Å². The summed E-state index contributed by atoms with van der Waals surface area (Å²) < 4.78 is 4.84. The second-order valence-electron chi connectivity index (χ2n) is 2.89. The first kappa shape index (κ1) is 8.68. The lowest BCUT2D eigenvalue weighted by atomic mass is 9.92. The van der Waals surface area contributed by atoms with Crippen molar-refractivity contribution >= 4 is 18.0 Å². The number of nitrogens with one attached hydrogen (secondary N) is 1. The Kier molecular flexibility index (Phi) is 1.92. The molecule has 0 aromatic rings. The van der Waals surface area contributed by atoms with Crippen molar-refractivity contribution in [1.29, 1.82) is 0 Å². The van der Waals surface area contributed by atoms with Crippen LogP contribution >= 0.6 is 0 Å². The van der Waals surface area contributed by atoms with Crippen LogP contribution in [0, 0.1) is 5.92 Å². The van der Waals surface area contributed by atoms with Gasteiger partial charge >= 0.3 is 0 Å². The van der Waals surface area contributed by atoms with Crippen molar-refractivity contribution in [1.82, 2.24) is 5.32 Å². The van der Waals surface area contributed by atoms with Crippen LogP contribution in [0.4, 0.5) is 0 Å². The van der Waals surface area contributed by atoms with Crippen LogP contribution in [-0.2, 0) is 14.3 Å². The first-order valence-electron chi connectivity index (χ1n) is 4.07. The number of nitrogens with zero attached hydrogens (tertiary/aromatic N) is 1. The van der Waals surface area contributed by atoms with E-state index in [1.54, 1.807) is 6.08 Å². The number of allylic oxidation sites excluding steroid dienone is 3. The van der Waals surface area contributed by atoms with Crippen LogP contribution in [0.5, 0.6) is 0 Å². The zero-order chi connectivity index (χ0) is 10.1. The fourth-order valence-corrected chi connectivity index (χ4v) is 1.41. The Morgan fingerprint density at radius 1 is 1.43 bits per heavy atom. The van der Waals surface area contributed by atoms with E-state index in [1.165, 1.54) is 19.5 Å².